The Morgan fingerprint density at radius 1 is 1.00 bits per heavy atom. The first-order valence-corrected chi connectivity index (χ1v) is 12.6. The Morgan fingerprint density at radius 2 is 1.81 bits per heavy atom. The molecule has 0 aliphatic heterocycles. The summed E-state index contributed by atoms with van der Waals surface area (Å²) in [6, 6.07) is 21.8. The van der Waals surface area contributed by atoms with E-state index in [4.69, 9.17) is 15.6 Å². The number of hydrogen-bond donors (Lipinski definition) is 2. The van der Waals surface area contributed by atoms with Crippen molar-refractivity contribution in [1.82, 2.24) is 25.2 Å². The molecule has 0 saturated heterocycles. The number of hydrogen-bond acceptors (Lipinski definition) is 8. The van der Waals surface area contributed by atoms with Gasteiger partial charge < -0.3 is 10.5 Å². The van der Waals surface area contributed by atoms with Gasteiger partial charge in [-0.25, -0.2) is 13.6 Å². The Balaban J connectivity index is 1.60. The van der Waals surface area contributed by atoms with Gasteiger partial charge in [-0.3, -0.25) is 4.98 Å². The third-order valence-electron chi connectivity index (χ3n) is 5.76. The fourth-order valence-corrected chi connectivity index (χ4v) is 4.75. The van der Waals surface area contributed by atoms with Gasteiger partial charge in [-0.2, -0.15) is 4.80 Å². The van der Waals surface area contributed by atoms with Crippen LogP contribution in [0.15, 0.2) is 77.7 Å². The lowest BCUT2D eigenvalue weighted by molar-refractivity contribution is 0.414. The number of nitrogens with two attached hydrogens (primary N) is 2. The van der Waals surface area contributed by atoms with Gasteiger partial charge in [0, 0.05) is 11.9 Å². The molecule has 36 heavy (non-hydrogen) atoms. The van der Waals surface area contributed by atoms with Crippen molar-refractivity contribution in [2.75, 3.05) is 7.11 Å². The monoisotopic (exact) mass is 501 g/mol. The fraction of sp³-hybridized carbons (Fsp3) is 0.120. The molecule has 5 rings (SSSR count). The Bertz CT molecular complexity index is 1670. The second-order valence-corrected chi connectivity index (χ2v) is 9.66. The molecule has 0 fully saturated rings. The van der Waals surface area contributed by atoms with Crippen LogP contribution in [-0.2, 0) is 23.1 Å². The van der Waals surface area contributed by atoms with Gasteiger partial charge in [-0.1, -0.05) is 36.4 Å². The van der Waals surface area contributed by atoms with E-state index in [1.54, 1.807) is 19.2 Å². The number of fused-ring (bicyclic) bond motifs is 1. The van der Waals surface area contributed by atoms with Crippen molar-refractivity contribution in [1.29, 1.82) is 0 Å². The molecule has 2 heterocycles. The molecular weight excluding hydrogens is 478 g/mol. The largest absolute Gasteiger partial charge is 0.497 e. The lowest BCUT2D eigenvalue weighted by Gasteiger charge is -2.12. The molecular formula is C25H23N7O3S. The summed E-state index contributed by atoms with van der Waals surface area (Å²) in [5.74, 6) is 0.891. The Morgan fingerprint density at radius 3 is 2.53 bits per heavy atom. The lowest BCUT2D eigenvalue weighted by Crippen LogP contribution is -2.14. The number of tetrazole rings is 1. The third-order valence-corrected chi connectivity index (χ3v) is 6.71. The van der Waals surface area contributed by atoms with Crippen LogP contribution in [0, 0.1) is 0 Å². The first-order valence-electron chi connectivity index (χ1n) is 11.0. The van der Waals surface area contributed by atoms with Crippen molar-refractivity contribution in [2.45, 2.75) is 18.0 Å². The molecule has 0 amide bonds. The quantitative estimate of drug-likeness (QED) is 0.345. The highest BCUT2D eigenvalue weighted by Crippen LogP contribution is 2.36. The number of pyridine rings is 1. The normalized spacial score (nSPS) is 11.6. The molecule has 0 unspecified atom stereocenters. The number of nitrogens with zero attached hydrogens (tertiary/aromatic N) is 5. The molecule has 3 aromatic carbocycles. The summed E-state index contributed by atoms with van der Waals surface area (Å²) >= 11 is 0. The van der Waals surface area contributed by atoms with E-state index in [1.165, 1.54) is 10.9 Å². The van der Waals surface area contributed by atoms with Crippen molar-refractivity contribution >= 4 is 20.9 Å². The van der Waals surface area contributed by atoms with Crippen molar-refractivity contribution in [3.63, 3.8) is 0 Å². The van der Waals surface area contributed by atoms with Gasteiger partial charge in [0.1, 0.15) is 5.75 Å². The third kappa shape index (κ3) is 4.67. The van der Waals surface area contributed by atoms with Crippen LogP contribution < -0.4 is 15.6 Å². The lowest BCUT2D eigenvalue weighted by atomic mass is 9.97. The number of aromatic nitrogens is 5. The fourth-order valence-electron chi connectivity index (χ4n) is 3.99. The summed E-state index contributed by atoms with van der Waals surface area (Å²) in [4.78, 5) is 5.85. The number of primary sulfonamides is 1. The van der Waals surface area contributed by atoms with E-state index in [1.807, 2.05) is 54.6 Å². The number of ether oxygens (including phenoxy) is 1. The minimum absolute atomic E-state index is 0.0827. The molecule has 0 bridgehead atoms. The van der Waals surface area contributed by atoms with Gasteiger partial charge in [0.05, 0.1) is 35.3 Å². The van der Waals surface area contributed by atoms with E-state index >= 15 is 0 Å². The number of benzene rings is 3. The van der Waals surface area contributed by atoms with E-state index in [0.717, 1.165) is 33.5 Å². The van der Waals surface area contributed by atoms with Gasteiger partial charge >= 0.3 is 0 Å². The molecule has 182 valence electrons. The summed E-state index contributed by atoms with van der Waals surface area (Å²) in [5, 5.41) is 19.3. The zero-order valence-corrected chi connectivity index (χ0v) is 20.2. The molecule has 0 aliphatic carbocycles. The second kappa shape index (κ2) is 9.46. The summed E-state index contributed by atoms with van der Waals surface area (Å²) in [6.07, 6.45) is 0. The summed E-state index contributed by atoms with van der Waals surface area (Å²) < 4.78 is 30.2. The number of sulfonamides is 1. The number of rotatable bonds is 7. The van der Waals surface area contributed by atoms with Crippen LogP contribution in [-0.4, -0.2) is 40.7 Å². The smallest absolute Gasteiger partial charge is 0.238 e. The van der Waals surface area contributed by atoms with Crippen LogP contribution in [0.3, 0.4) is 0 Å². The molecule has 0 radical (unpaired) electrons. The van der Waals surface area contributed by atoms with Crippen LogP contribution >= 0.6 is 0 Å². The standard InChI is InChI=1S/C25H23N7O3S/c1-35-20-10-5-16(6-11-20)15-32-30-25(29-31-32)24-21(3-2-4-23(24)36(27,33)34)17-8-12-22-18(13-17)7-9-19(14-26)28-22/h2-13H,14-15,26H2,1H3,(H2,27,33,34). The summed E-state index contributed by atoms with van der Waals surface area (Å²) in [6.45, 7) is 0.686. The van der Waals surface area contributed by atoms with Crippen LogP contribution in [0.5, 0.6) is 5.75 Å². The highest BCUT2D eigenvalue weighted by Gasteiger charge is 2.23. The topological polar surface area (TPSA) is 152 Å². The van der Waals surface area contributed by atoms with Gasteiger partial charge in [-0.05, 0) is 58.3 Å². The molecule has 0 aliphatic rings. The molecule has 11 heteroatoms. The molecule has 2 aromatic heterocycles. The van der Waals surface area contributed by atoms with Crippen molar-refractivity contribution < 1.29 is 13.2 Å². The summed E-state index contributed by atoms with van der Waals surface area (Å²) in [5.41, 5.74) is 9.86. The zero-order valence-electron chi connectivity index (χ0n) is 19.4. The SMILES string of the molecule is COc1ccc(Cn2nnc(-c3c(-c4ccc5nc(CN)ccc5c4)cccc3S(N)(=O)=O)n2)cc1. The molecule has 4 N–H and O–H groups in total. The summed E-state index contributed by atoms with van der Waals surface area (Å²) in [7, 11) is -2.48. The van der Waals surface area contributed by atoms with Crippen molar-refractivity contribution in [2.24, 2.45) is 10.9 Å². The van der Waals surface area contributed by atoms with Crippen molar-refractivity contribution in [3.8, 4) is 28.3 Å². The molecule has 5 aromatic rings. The predicted molar refractivity (Wildman–Crippen MR) is 135 cm³/mol. The maximum Gasteiger partial charge on any atom is 0.238 e. The molecule has 0 atom stereocenters. The maximum atomic E-state index is 12.5. The van der Waals surface area contributed by atoms with E-state index in [2.05, 4.69) is 20.4 Å². The second-order valence-electron chi connectivity index (χ2n) is 8.13. The van der Waals surface area contributed by atoms with Gasteiger partial charge in [-0.15, -0.1) is 10.2 Å². The Kier molecular flexibility index (Phi) is 6.18. The highest BCUT2D eigenvalue weighted by molar-refractivity contribution is 7.89. The van der Waals surface area contributed by atoms with E-state index < -0.39 is 10.0 Å². The van der Waals surface area contributed by atoms with Crippen LogP contribution in [0.1, 0.15) is 11.3 Å². The maximum absolute atomic E-state index is 12.5. The average molecular weight is 502 g/mol. The molecule has 0 spiro atoms. The Hall–Kier alpha value is -4.19. The minimum atomic E-state index is -4.08. The Labute approximate surface area is 207 Å². The first-order chi connectivity index (χ1) is 17.4. The minimum Gasteiger partial charge on any atom is -0.497 e. The molecule has 10 nitrogen and oxygen atoms in total. The van der Waals surface area contributed by atoms with Crippen LogP contribution in [0.25, 0.3) is 33.4 Å². The van der Waals surface area contributed by atoms with Gasteiger partial charge in [0.15, 0.2) is 0 Å². The van der Waals surface area contributed by atoms with Gasteiger partial charge in [0.2, 0.25) is 15.8 Å². The van der Waals surface area contributed by atoms with E-state index in [9.17, 15) is 8.42 Å². The van der Waals surface area contributed by atoms with E-state index in [-0.39, 0.29) is 16.3 Å². The predicted octanol–water partition coefficient (Wildman–Crippen LogP) is 2.72. The highest BCUT2D eigenvalue weighted by atomic mass is 32.2. The number of methoxy groups -OCH3 is 1. The molecule has 0 saturated carbocycles. The van der Waals surface area contributed by atoms with Crippen LogP contribution in [0.4, 0.5) is 0 Å². The first kappa shape index (κ1) is 23.5. The van der Waals surface area contributed by atoms with Crippen molar-refractivity contribution in [3.05, 3.63) is 84.1 Å². The van der Waals surface area contributed by atoms with Crippen LogP contribution in [0.2, 0.25) is 0 Å². The van der Waals surface area contributed by atoms with Gasteiger partial charge in [0.25, 0.3) is 0 Å². The van der Waals surface area contributed by atoms with E-state index in [0.29, 0.717) is 18.7 Å². The average Bonchev–Trinajstić information content (AvgIpc) is 3.35. The zero-order chi connectivity index (χ0) is 25.3.